The highest BCUT2D eigenvalue weighted by Gasteiger charge is 2.28. The predicted molar refractivity (Wildman–Crippen MR) is 74.3 cm³/mol. The van der Waals surface area contributed by atoms with Crippen LogP contribution < -0.4 is 15.4 Å². The van der Waals surface area contributed by atoms with Crippen LogP contribution in [0.2, 0.25) is 0 Å². The van der Waals surface area contributed by atoms with Gasteiger partial charge in [0, 0.05) is 10.9 Å². The summed E-state index contributed by atoms with van der Waals surface area (Å²) in [4.78, 5) is 34.8. The summed E-state index contributed by atoms with van der Waals surface area (Å²) in [7, 11) is 1.51. The number of amides is 3. The first kappa shape index (κ1) is 14.5. The molecule has 1 aromatic rings. The van der Waals surface area contributed by atoms with Crippen LogP contribution in [0.4, 0.5) is 0 Å². The van der Waals surface area contributed by atoms with Gasteiger partial charge in [-0.1, -0.05) is 0 Å². The molecule has 1 fully saturated rings. The van der Waals surface area contributed by atoms with Crippen molar-refractivity contribution in [3.05, 3.63) is 28.2 Å². The lowest BCUT2D eigenvalue weighted by molar-refractivity contribution is -0.134. The summed E-state index contributed by atoms with van der Waals surface area (Å²) < 4.78 is 5.66. The second kappa shape index (κ2) is 6.04. The third-order valence-electron chi connectivity index (χ3n) is 2.96. The Morgan fingerprint density at radius 2 is 2.20 bits per heavy atom. The lowest BCUT2D eigenvalue weighted by atomic mass is 10.1. The molecule has 0 radical (unpaired) electrons. The van der Waals surface area contributed by atoms with E-state index in [4.69, 9.17) is 4.74 Å². The molecule has 0 aliphatic carbocycles. The largest absolute Gasteiger partial charge is 0.497 e. The lowest BCUT2D eigenvalue weighted by Crippen LogP contribution is -2.52. The van der Waals surface area contributed by atoms with Crippen LogP contribution in [0, 0.1) is 0 Å². The van der Waals surface area contributed by atoms with E-state index >= 15 is 0 Å². The van der Waals surface area contributed by atoms with Crippen molar-refractivity contribution in [2.45, 2.75) is 18.9 Å². The van der Waals surface area contributed by atoms with E-state index in [2.05, 4.69) is 26.6 Å². The maximum atomic E-state index is 12.2. The van der Waals surface area contributed by atoms with Crippen LogP contribution in [-0.2, 0) is 9.59 Å². The molecule has 1 heterocycles. The molecule has 0 aromatic heterocycles. The van der Waals surface area contributed by atoms with Crippen molar-refractivity contribution < 1.29 is 19.1 Å². The summed E-state index contributed by atoms with van der Waals surface area (Å²) in [5.41, 5.74) is 0.369. The molecular formula is C13H13BrN2O4. The molecule has 1 aromatic carbocycles. The lowest BCUT2D eigenvalue weighted by Gasteiger charge is -2.22. The van der Waals surface area contributed by atoms with Crippen LogP contribution in [-0.4, -0.2) is 30.9 Å². The van der Waals surface area contributed by atoms with Crippen LogP contribution in [0.25, 0.3) is 0 Å². The Kier molecular flexibility index (Phi) is 4.39. The SMILES string of the molecule is COc1ccc(Br)c(C(=O)NC2CCC(=O)NC2=O)c1. The molecule has 1 aliphatic rings. The van der Waals surface area contributed by atoms with Gasteiger partial charge < -0.3 is 10.1 Å². The topological polar surface area (TPSA) is 84.5 Å². The first-order chi connectivity index (χ1) is 9.51. The van der Waals surface area contributed by atoms with Crippen molar-refractivity contribution in [2.24, 2.45) is 0 Å². The molecule has 2 N–H and O–H groups in total. The minimum absolute atomic E-state index is 0.218. The minimum atomic E-state index is -0.696. The van der Waals surface area contributed by atoms with Gasteiger partial charge in [0.05, 0.1) is 12.7 Å². The summed E-state index contributed by atoms with van der Waals surface area (Å²) in [5, 5.41) is 4.80. The number of halogens is 1. The van der Waals surface area contributed by atoms with Gasteiger partial charge in [-0.15, -0.1) is 0 Å². The molecule has 3 amide bonds. The molecular weight excluding hydrogens is 328 g/mol. The van der Waals surface area contributed by atoms with Gasteiger partial charge in [-0.3, -0.25) is 19.7 Å². The maximum Gasteiger partial charge on any atom is 0.253 e. The fourth-order valence-electron chi connectivity index (χ4n) is 1.87. The first-order valence-corrected chi connectivity index (χ1v) is 6.78. The molecule has 1 aliphatic heterocycles. The molecule has 0 bridgehead atoms. The molecule has 6 nitrogen and oxygen atoms in total. The Morgan fingerprint density at radius 1 is 1.45 bits per heavy atom. The van der Waals surface area contributed by atoms with Crippen LogP contribution >= 0.6 is 15.9 Å². The number of hydrogen-bond donors (Lipinski definition) is 2. The Morgan fingerprint density at radius 3 is 2.85 bits per heavy atom. The third-order valence-corrected chi connectivity index (χ3v) is 3.65. The van der Waals surface area contributed by atoms with E-state index in [1.54, 1.807) is 18.2 Å². The number of ether oxygens (including phenoxy) is 1. The molecule has 0 saturated carbocycles. The van der Waals surface area contributed by atoms with Crippen molar-refractivity contribution in [3.63, 3.8) is 0 Å². The summed E-state index contributed by atoms with van der Waals surface area (Å²) in [6.07, 6.45) is 0.522. The van der Waals surface area contributed by atoms with Crippen LogP contribution in [0.1, 0.15) is 23.2 Å². The number of benzene rings is 1. The Bertz CT molecular complexity index is 573. The number of nitrogens with one attached hydrogen (secondary N) is 2. The van der Waals surface area contributed by atoms with E-state index in [1.165, 1.54) is 7.11 Å². The predicted octanol–water partition coefficient (Wildman–Crippen LogP) is 0.993. The van der Waals surface area contributed by atoms with Crippen LogP contribution in [0.15, 0.2) is 22.7 Å². The van der Waals surface area contributed by atoms with Gasteiger partial charge in [-0.2, -0.15) is 0 Å². The molecule has 20 heavy (non-hydrogen) atoms. The first-order valence-electron chi connectivity index (χ1n) is 5.99. The summed E-state index contributed by atoms with van der Waals surface area (Å²) in [6, 6.07) is 4.29. The molecule has 106 valence electrons. The van der Waals surface area contributed by atoms with Gasteiger partial charge in [0.1, 0.15) is 11.8 Å². The number of rotatable bonds is 3. The van der Waals surface area contributed by atoms with E-state index in [9.17, 15) is 14.4 Å². The summed E-state index contributed by atoms with van der Waals surface area (Å²) in [6.45, 7) is 0. The van der Waals surface area contributed by atoms with Crippen molar-refractivity contribution in [1.29, 1.82) is 0 Å². The fourth-order valence-corrected chi connectivity index (χ4v) is 2.30. The number of carbonyl (C=O) groups excluding carboxylic acids is 3. The monoisotopic (exact) mass is 340 g/mol. The zero-order valence-corrected chi connectivity index (χ0v) is 12.3. The minimum Gasteiger partial charge on any atom is -0.497 e. The van der Waals surface area contributed by atoms with Crippen molar-refractivity contribution >= 4 is 33.7 Å². The Hall–Kier alpha value is -1.89. The van der Waals surface area contributed by atoms with Gasteiger partial charge >= 0.3 is 0 Å². The highest BCUT2D eigenvalue weighted by molar-refractivity contribution is 9.10. The molecule has 1 unspecified atom stereocenters. The molecule has 1 saturated heterocycles. The Labute approximate surface area is 124 Å². The van der Waals surface area contributed by atoms with Gasteiger partial charge in [0.15, 0.2) is 0 Å². The van der Waals surface area contributed by atoms with Gasteiger partial charge in [-0.25, -0.2) is 0 Å². The standard InChI is InChI=1S/C13H13BrN2O4/c1-20-7-2-3-9(14)8(6-7)12(18)15-10-4-5-11(17)16-13(10)19/h2-3,6,10H,4-5H2,1H3,(H,15,18)(H,16,17,19). The third kappa shape index (κ3) is 3.16. The van der Waals surface area contributed by atoms with Gasteiger partial charge in [-0.05, 0) is 40.5 Å². The molecule has 1 atom stereocenters. The van der Waals surface area contributed by atoms with E-state index in [0.29, 0.717) is 22.2 Å². The molecule has 2 rings (SSSR count). The number of carbonyl (C=O) groups is 3. The number of methoxy groups -OCH3 is 1. The van der Waals surface area contributed by atoms with Gasteiger partial charge in [0.25, 0.3) is 5.91 Å². The second-order valence-corrected chi connectivity index (χ2v) is 5.18. The van der Waals surface area contributed by atoms with Crippen molar-refractivity contribution in [1.82, 2.24) is 10.6 Å². The zero-order chi connectivity index (χ0) is 14.7. The van der Waals surface area contributed by atoms with Gasteiger partial charge in [0.2, 0.25) is 11.8 Å². The smallest absolute Gasteiger partial charge is 0.253 e. The van der Waals surface area contributed by atoms with Crippen molar-refractivity contribution in [2.75, 3.05) is 7.11 Å². The normalized spacial score (nSPS) is 18.4. The number of piperidine rings is 1. The number of imide groups is 1. The maximum absolute atomic E-state index is 12.2. The van der Waals surface area contributed by atoms with E-state index < -0.39 is 17.9 Å². The molecule has 7 heteroatoms. The van der Waals surface area contributed by atoms with Crippen LogP contribution in [0.5, 0.6) is 5.75 Å². The molecule has 0 spiro atoms. The fraction of sp³-hybridized carbons (Fsp3) is 0.308. The van der Waals surface area contributed by atoms with Crippen LogP contribution in [0.3, 0.4) is 0 Å². The van der Waals surface area contributed by atoms with E-state index in [1.807, 2.05) is 0 Å². The highest BCUT2D eigenvalue weighted by atomic mass is 79.9. The number of hydrogen-bond acceptors (Lipinski definition) is 4. The van der Waals surface area contributed by atoms with E-state index in [-0.39, 0.29) is 12.3 Å². The Balaban J connectivity index is 2.12. The summed E-state index contributed by atoms with van der Waals surface area (Å²) >= 11 is 3.28. The average Bonchev–Trinajstić information content (AvgIpc) is 2.42. The van der Waals surface area contributed by atoms with Crippen molar-refractivity contribution in [3.8, 4) is 5.75 Å². The highest BCUT2D eigenvalue weighted by Crippen LogP contribution is 2.22. The van der Waals surface area contributed by atoms with E-state index in [0.717, 1.165) is 0 Å². The zero-order valence-electron chi connectivity index (χ0n) is 10.7. The average molecular weight is 341 g/mol. The second-order valence-electron chi connectivity index (χ2n) is 4.32. The quantitative estimate of drug-likeness (QED) is 0.803. The summed E-state index contributed by atoms with van der Waals surface area (Å²) in [5.74, 6) is -0.649.